The Kier molecular flexibility index (Phi) is 6.20. The number of furan rings is 1. The first-order chi connectivity index (χ1) is 15.4. The predicted molar refractivity (Wildman–Crippen MR) is 130 cm³/mol. The number of rotatable bonds is 4. The molecule has 6 nitrogen and oxygen atoms in total. The van der Waals surface area contributed by atoms with Gasteiger partial charge in [-0.15, -0.1) is 0 Å². The zero-order valence-electron chi connectivity index (χ0n) is 16.8. The van der Waals surface area contributed by atoms with Gasteiger partial charge in [-0.3, -0.25) is 10.1 Å². The molecule has 4 rings (SSSR count). The third-order valence-electron chi connectivity index (χ3n) is 4.60. The van der Waals surface area contributed by atoms with E-state index in [0.717, 1.165) is 16.5 Å². The van der Waals surface area contributed by atoms with Gasteiger partial charge in [-0.2, -0.15) is 0 Å². The van der Waals surface area contributed by atoms with Crippen molar-refractivity contribution in [1.29, 1.82) is 0 Å². The number of nitrogens with one attached hydrogen (secondary N) is 2. The molecule has 0 unspecified atom stereocenters. The molecule has 32 heavy (non-hydrogen) atoms. The van der Waals surface area contributed by atoms with Gasteiger partial charge in [-0.1, -0.05) is 23.7 Å². The summed E-state index contributed by atoms with van der Waals surface area (Å²) in [6.07, 6.45) is 2.88. The zero-order chi connectivity index (χ0) is 22.7. The molecule has 0 atom stereocenters. The Hall–Kier alpha value is -3.68. The summed E-state index contributed by atoms with van der Waals surface area (Å²) in [5.74, 6) is 0.753. The first kappa shape index (κ1) is 21.5. The van der Waals surface area contributed by atoms with Crippen LogP contribution in [0.5, 0.6) is 0 Å². The standard InChI is InChI=1S/C24H17ClN2O4S/c1-14-2-3-16(13-19(14)25)20-9-6-18(30-20)7-10-22(28)27-24(32)26-17-5-8-21-15(12-17)4-11-23(29)31-21/h2-13H,1H3,(H2,26,27,28,32)/b10-7+. The van der Waals surface area contributed by atoms with Crippen LogP contribution in [0.4, 0.5) is 5.69 Å². The molecular formula is C24H17ClN2O4S. The Morgan fingerprint density at radius 2 is 1.88 bits per heavy atom. The lowest BCUT2D eigenvalue weighted by Crippen LogP contribution is -2.32. The lowest BCUT2D eigenvalue weighted by Gasteiger charge is -2.08. The maximum absolute atomic E-state index is 12.2. The van der Waals surface area contributed by atoms with Crippen molar-refractivity contribution >= 4 is 57.6 Å². The van der Waals surface area contributed by atoms with Crippen LogP contribution in [-0.2, 0) is 4.79 Å². The Labute approximate surface area is 193 Å². The normalized spacial score (nSPS) is 11.1. The number of benzene rings is 2. The van der Waals surface area contributed by atoms with Crippen LogP contribution >= 0.6 is 23.8 Å². The highest BCUT2D eigenvalue weighted by atomic mass is 35.5. The predicted octanol–water partition coefficient (Wildman–Crippen LogP) is 5.54. The Balaban J connectivity index is 1.36. The summed E-state index contributed by atoms with van der Waals surface area (Å²) in [7, 11) is 0. The lowest BCUT2D eigenvalue weighted by molar-refractivity contribution is -0.115. The number of hydrogen-bond acceptors (Lipinski definition) is 5. The highest BCUT2D eigenvalue weighted by Gasteiger charge is 2.07. The minimum atomic E-state index is -0.417. The fraction of sp³-hybridized carbons (Fsp3) is 0.0417. The van der Waals surface area contributed by atoms with E-state index in [1.807, 2.05) is 31.2 Å². The molecule has 2 aromatic carbocycles. The second-order valence-corrected chi connectivity index (χ2v) is 7.77. The Morgan fingerprint density at radius 3 is 2.69 bits per heavy atom. The van der Waals surface area contributed by atoms with Crippen LogP contribution in [0.1, 0.15) is 11.3 Å². The third-order valence-corrected chi connectivity index (χ3v) is 5.21. The molecule has 0 saturated heterocycles. The van der Waals surface area contributed by atoms with E-state index >= 15 is 0 Å². The minimum absolute atomic E-state index is 0.130. The summed E-state index contributed by atoms with van der Waals surface area (Å²) in [4.78, 5) is 23.5. The van der Waals surface area contributed by atoms with E-state index in [0.29, 0.717) is 27.8 Å². The van der Waals surface area contributed by atoms with Crippen molar-refractivity contribution in [3.05, 3.63) is 93.5 Å². The molecule has 0 aliphatic heterocycles. The average molecular weight is 465 g/mol. The van der Waals surface area contributed by atoms with Crippen molar-refractivity contribution in [3.63, 3.8) is 0 Å². The van der Waals surface area contributed by atoms with Crippen molar-refractivity contribution in [2.45, 2.75) is 6.92 Å². The highest BCUT2D eigenvalue weighted by Crippen LogP contribution is 2.27. The lowest BCUT2D eigenvalue weighted by atomic mass is 10.1. The van der Waals surface area contributed by atoms with Gasteiger partial charge < -0.3 is 14.2 Å². The second-order valence-electron chi connectivity index (χ2n) is 6.95. The summed E-state index contributed by atoms with van der Waals surface area (Å²) in [5, 5.41) is 7.01. The van der Waals surface area contributed by atoms with Crippen molar-refractivity contribution < 1.29 is 13.6 Å². The van der Waals surface area contributed by atoms with E-state index < -0.39 is 11.5 Å². The fourth-order valence-corrected chi connectivity index (χ4v) is 3.37. The number of aryl methyl sites for hydroxylation is 1. The largest absolute Gasteiger partial charge is 0.457 e. The topological polar surface area (TPSA) is 84.5 Å². The summed E-state index contributed by atoms with van der Waals surface area (Å²) < 4.78 is 10.9. The van der Waals surface area contributed by atoms with Crippen molar-refractivity contribution in [2.24, 2.45) is 0 Å². The van der Waals surface area contributed by atoms with E-state index in [2.05, 4.69) is 10.6 Å². The number of carbonyl (C=O) groups excluding carboxylic acids is 1. The molecule has 0 saturated carbocycles. The number of halogens is 1. The average Bonchev–Trinajstić information content (AvgIpc) is 3.23. The molecule has 2 heterocycles. The molecule has 2 aromatic heterocycles. The van der Waals surface area contributed by atoms with Gasteiger partial charge in [0, 0.05) is 33.8 Å². The summed E-state index contributed by atoms with van der Waals surface area (Å²) in [5.41, 5.74) is 2.53. The summed E-state index contributed by atoms with van der Waals surface area (Å²) in [6.45, 7) is 1.93. The van der Waals surface area contributed by atoms with Gasteiger partial charge in [0.2, 0.25) is 5.91 Å². The molecule has 8 heteroatoms. The number of anilines is 1. The number of fused-ring (bicyclic) bond motifs is 1. The first-order valence-corrected chi connectivity index (χ1v) is 10.4. The Bertz CT molecular complexity index is 1420. The molecule has 4 aromatic rings. The molecule has 0 aliphatic rings. The first-order valence-electron chi connectivity index (χ1n) is 9.58. The van der Waals surface area contributed by atoms with Crippen LogP contribution in [0.15, 0.2) is 80.4 Å². The molecule has 0 fully saturated rings. The molecule has 0 bridgehead atoms. The van der Waals surface area contributed by atoms with Crippen LogP contribution in [-0.4, -0.2) is 11.0 Å². The van der Waals surface area contributed by atoms with Crippen molar-refractivity contribution in [3.8, 4) is 11.3 Å². The van der Waals surface area contributed by atoms with Crippen molar-refractivity contribution in [2.75, 3.05) is 5.32 Å². The van der Waals surface area contributed by atoms with E-state index in [1.54, 1.807) is 36.4 Å². The molecule has 0 spiro atoms. The van der Waals surface area contributed by atoms with Crippen LogP contribution < -0.4 is 16.3 Å². The molecule has 160 valence electrons. The van der Waals surface area contributed by atoms with Gasteiger partial charge in [-0.05, 0) is 73.2 Å². The zero-order valence-corrected chi connectivity index (χ0v) is 18.4. The van der Waals surface area contributed by atoms with Gasteiger partial charge >= 0.3 is 5.63 Å². The number of thiocarbonyl (C=S) groups is 1. The van der Waals surface area contributed by atoms with E-state index in [4.69, 9.17) is 32.7 Å². The van der Waals surface area contributed by atoms with E-state index in [9.17, 15) is 9.59 Å². The smallest absolute Gasteiger partial charge is 0.336 e. The SMILES string of the molecule is Cc1ccc(-c2ccc(/C=C/C(=O)NC(=S)Nc3ccc4oc(=O)ccc4c3)o2)cc1Cl. The minimum Gasteiger partial charge on any atom is -0.457 e. The second kappa shape index (κ2) is 9.21. The molecule has 0 aliphatic carbocycles. The summed E-state index contributed by atoms with van der Waals surface area (Å²) in [6, 6.07) is 17.3. The van der Waals surface area contributed by atoms with Gasteiger partial charge in [-0.25, -0.2) is 4.79 Å². The number of amides is 1. The van der Waals surface area contributed by atoms with Crippen LogP contribution in [0, 0.1) is 6.92 Å². The molecule has 0 radical (unpaired) electrons. The molecular weight excluding hydrogens is 448 g/mol. The maximum Gasteiger partial charge on any atom is 0.336 e. The van der Waals surface area contributed by atoms with Gasteiger partial charge in [0.25, 0.3) is 0 Å². The van der Waals surface area contributed by atoms with Crippen molar-refractivity contribution in [1.82, 2.24) is 5.32 Å². The van der Waals surface area contributed by atoms with Gasteiger partial charge in [0.1, 0.15) is 17.1 Å². The number of hydrogen-bond donors (Lipinski definition) is 2. The van der Waals surface area contributed by atoms with Crippen LogP contribution in [0.3, 0.4) is 0 Å². The van der Waals surface area contributed by atoms with Crippen LogP contribution in [0.2, 0.25) is 5.02 Å². The Morgan fingerprint density at radius 1 is 1.03 bits per heavy atom. The maximum atomic E-state index is 12.2. The number of carbonyl (C=O) groups is 1. The van der Waals surface area contributed by atoms with E-state index in [-0.39, 0.29) is 5.11 Å². The molecule has 2 N–H and O–H groups in total. The monoisotopic (exact) mass is 464 g/mol. The fourth-order valence-electron chi connectivity index (χ4n) is 2.97. The molecule has 1 amide bonds. The van der Waals surface area contributed by atoms with Gasteiger partial charge in [0.15, 0.2) is 5.11 Å². The third kappa shape index (κ3) is 5.14. The van der Waals surface area contributed by atoms with Gasteiger partial charge in [0.05, 0.1) is 0 Å². The van der Waals surface area contributed by atoms with E-state index in [1.165, 1.54) is 12.1 Å². The highest BCUT2D eigenvalue weighted by molar-refractivity contribution is 7.80. The van der Waals surface area contributed by atoms with Crippen LogP contribution in [0.25, 0.3) is 28.4 Å². The summed E-state index contributed by atoms with van der Waals surface area (Å²) >= 11 is 11.4. The quantitative estimate of drug-likeness (QED) is 0.234.